The molecule has 0 unspecified atom stereocenters. The number of rotatable bonds is 7. The van der Waals surface area contributed by atoms with Crippen LogP contribution in [0.25, 0.3) is 0 Å². The number of hydrogen-bond donors (Lipinski definition) is 1. The second-order valence-corrected chi connectivity index (χ2v) is 9.91. The fraction of sp³-hybridized carbons (Fsp3) is 0.560. The zero-order chi connectivity index (χ0) is 24.1. The molecule has 0 bridgehead atoms. The van der Waals surface area contributed by atoms with Crippen LogP contribution in [-0.4, -0.2) is 81.1 Å². The third kappa shape index (κ3) is 5.33. The Balaban J connectivity index is 1.52. The number of nitrogens with zero attached hydrogens (tertiary/aromatic N) is 5. The number of hydrogen-bond acceptors (Lipinski definition) is 8. The maximum Gasteiger partial charge on any atom is 0.132 e. The van der Waals surface area contributed by atoms with Gasteiger partial charge in [-0.15, -0.1) is 11.3 Å². The van der Waals surface area contributed by atoms with E-state index in [2.05, 4.69) is 49.7 Å². The highest BCUT2D eigenvalue weighted by Crippen LogP contribution is 2.35. The molecule has 0 saturated carbocycles. The van der Waals surface area contributed by atoms with Crippen LogP contribution in [0.4, 0.5) is 11.4 Å². The van der Waals surface area contributed by atoms with Gasteiger partial charge >= 0.3 is 0 Å². The van der Waals surface area contributed by atoms with Crippen molar-refractivity contribution in [2.45, 2.75) is 32.5 Å². The number of aromatic nitrogens is 1. The van der Waals surface area contributed by atoms with Crippen molar-refractivity contribution >= 4 is 35.3 Å². The van der Waals surface area contributed by atoms with Crippen LogP contribution in [-0.2, 0) is 16.1 Å². The summed E-state index contributed by atoms with van der Waals surface area (Å²) in [6.45, 7) is 11.2. The van der Waals surface area contributed by atoms with Gasteiger partial charge in [0, 0.05) is 57.5 Å². The number of benzene rings is 1. The summed E-state index contributed by atoms with van der Waals surface area (Å²) >= 11 is 1.55. The molecular weight excluding hydrogens is 450 g/mol. The molecule has 0 radical (unpaired) electrons. The van der Waals surface area contributed by atoms with Gasteiger partial charge in [0.15, 0.2) is 0 Å². The lowest BCUT2D eigenvalue weighted by molar-refractivity contribution is 0.0704. The first-order chi connectivity index (χ1) is 16.5. The molecule has 2 aliphatic heterocycles. The Morgan fingerprint density at radius 2 is 2.15 bits per heavy atom. The van der Waals surface area contributed by atoms with Crippen molar-refractivity contribution < 1.29 is 14.6 Å². The highest BCUT2D eigenvalue weighted by molar-refractivity contribution is 7.11. The number of methoxy groups -OCH3 is 1. The normalized spacial score (nSPS) is 20.5. The molecule has 0 spiro atoms. The highest BCUT2D eigenvalue weighted by atomic mass is 32.1. The van der Waals surface area contributed by atoms with Gasteiger partial charge in [0.1, 0.15) is 16.9 Å². The fourth-order valence-electron chi connectivity index (χ4n) is 4.79. The lowest BCUT2D eigenvalue weighted by atomic mass is 9.92. The van der Waals surface area contributed by atoms with Crippen LogP contribution in [0.5, 0.6) is 0 Å². The molecule has 0 aliphatic carbocycles. The number of likely N-dealkylation sites (tertiary alicyclic amines) is 1. The smallest absolute Gasteiger partial charge is 0.132 e. The zero-order valence-corrected chi connectivity index (χ0v) is 21.2. The topological polar surface area (TPSA) is 82.8 Å². The van der Waals surface area contributed by atoms with E-state index in [1.807, 2.05) is 14.0 Å². The average Bonchev–Trinajstić information content (AvgIpc) is 3.25. The molecule has 1 aromatic carbocycles. The van der Waals surface area contributed by atoms with Gasteiger partial charge in [0.05, 0.1) is 36.1 Å². The van der Waals surface area contributed by atoms with Crippen molar-refractivity contribution in [2.75, 3.05) is 58.5 Å². The van der Waals surface area contributed by atoms with Crippen LogP contribution in [0.3, 0.4) is 0 Å². The standard InChI is InChI=1S/C25H35N5O3S/c1-17-22(16-32-4)34-25(28-17)23(31)18-6-5-9-30(15-18)24(27-3)20-8-7-19(14-21(20)26-2)29-10-12-33-13-11-29/h7-8,14,18,23,31H,2,5-6,9-13,15-16H2,1,3-4H3/t18-,23-/m0/s1. The largest absolute Gasteiger partial charge is 0.386 e. The predicted molar refractivity (Wildman–Crippen MR) is 138 cm³/mol. The van der Waals surface area contributed by atoms with Crippen LogP contribution >= 0.6 is 11.3 Å². The third-order valence-electron chi connectivity index (χ3n) is 6.62. The number of morpholine rings is 1. The number of ether oxygens (including phenoxy) is 2. The predicted octanol–water partition coefficient (Wildman–Crippen LogP) is 3.59. The average molecular weight is 486 g/mol. The zero-order valence-electron chi connectivity index (χ0n) is 20.4. The summed E-state index contributed by atoms with van der Waals surface area (Å²) in [7, 11) is 3.50. The SMILES string of the molecule is C=Nc1cc(N2CCOCC2)ccc1C(=NC)N1CCC[C@H]([C@H](O)c2nc(C)c(COC)s2)C1. The Bertz CT molecular complexity index is 1020. The van der Waals surface area contributed by atoms with Gasteiger partial charge in [-0.05, 0) is 44.7 Å². The second kappa shape index (κ2) is 11.4. The minimum Gasteiger partial charge on any atom is -0.386 e. The van der Waals surface area contributed by atoms with Crippen LogP contribution in [0, 0.1) is 12.8 Å². The minimum atomic E-state index is -0.601. The fourth-order valence-corrected chi connectivity index (χ4v) is 5.91. The lowest BCUT2D eigenvalue weighted by Gasteiger charge is -2.37. The number of aliphatic hydroxyl groups is 1. The summed E-state index contributed by atoms with van der Waals surface area (Å²) in [5.41, 5.74) is 3.86. The summed E-state index contributed by atoms with van der Waals surface area (Å²) in [4.78, 5) is 19.3. The summed E-state index contributed by atoms with van der Waals surface area (Å²) in [6, 6.07) is 6.32. The molecule has 0 amide bonds. The quantitative estimate of drug-likeness (QED) is 0.477. The van der Waals surface area contributed by atoms with E-state index >= 15 is 0 Å². The molecule has 3 heterocycles. The molecule has 8 nitrogen and oxygen atoms in total. The highest BCUT2D eigenvalue weighted by Gasteiger charge is 2.31. The number of thiazole rings is 1. The molecule has 34 heavy (non-hydrogen) atoms. The van der Waals surface area contributed by atoms with E-state index in [0.717, 1.165) is 84.0 Å². The Labute approximate surface area is 206 Å². The number of aliphatic hydroxyl groups excluding tert-OH is 1. The monoisotopic (exact) mass is 485 g/mol. The number of anilines is 1. The molecule has 2 aliphatic rings. The minimum absolute atomic E-state index is 0.0826. The van der Waals surface area contributed by atoms with Crippen LogP contribution in [0.2, 0.25) is 0 Å². The maximum atomic E-state index is 11.2. The Hall–Kier alpha value is -2.33. The van der Waals surface area contributed by atoms with Crippen molar-refractivity contribution in [3.63, 3.8) is 0 Å². The first-order valence-electron chi connectivity index (χ1n) is 11.8. The number of aliphatic imine (C=N–C) groups is 2. The summed E-state index contributed by atoms with van der Waals surface area (Å²) in [6.07, 6.45) is 1.34. The Morgan fingerprint density at radius 1 is 1.35 bits per heavy atom. The van der Waals surface area contributed by atoms with Crippen molar-refractivity contribution in [2.24, 2.45) is 15.9 Å². The number of amidine groups is 1. The molecule has 2 atom stereocenters. The van der Waals surface area contributed by atoms with Gasteiger partial charge in [-0.1, -0.05) is 0 Å². The molecule has 2 saturated heterocycles. The Morgan fingerprint density at radius 3 is 2.85 bits per heavy atom. The summed E-state index contributed by atoms with van der Waals surface area (Å²) in [5, 5.41) is 11.9. The second-order valence-electron chi connectivity index (χ2n) is 8.79. The first-order valence-corrected chi connectivity index (χ1v) is 12.7. The summed E-state index contributed by atoms with van der Waals surface area (Å²) < 4.78 is 10.8. The number of aryl methyl sites for hydroxylation is 1. The van der Waals surface area contributed by atoms with Crippen LogP contribution in [0.1, 0.15) is 40.1 Å². The van der Waals surface area contributed by atoms with Gasteiger partial charge in [-0.3, -0.25) is 9.98 Å². The third-order valence-corrected chi connectivity index (χ3v) is 7.82. The van der Waals surface area contributed by atoms with Gasteiger partial charge in [0.2, 0.25) is 0 Å². The van der Waals surface area contributed by atoms with Crippen molar-refractivity contribution in [3.8, 4) is 0 Å². The lowest BCUT2D eigenvalue weighted by Crippen LogP contribution is -2.42. The van der Waals surface area contributed by atoms with Gasteiger partial charge < -0.3 is 24.4 Å². The molecule has 184 valence electrons. The summed E-state index contributed by atoms with van der Waals surface area (Å²) in [5.74, 6) is 0.974. The number of piperidine rings is 1. The molecule has 4 rings (SSSR count). The van der Waals surface area contributed by atoms with Crippen molar-refractivity contribution in [1.29, 1.82) is 0 Å². The van der Waals surface area contributed by atoms with E-state index in [4.69, 9.17) is 9.47 Å². The van der Waals surface area contributed by atoms with E-state index in [9.17, 15) is 5.11 Å². The van der Waals surface area contributed by atoms with Gasteiger partial charge in [-0.25, -0.2) is 4.98 Å². The van der Waals surface area contributed by atoms with Gasteiger partial charge in [-0.2, -0.15) is 0 Å². The molecular formula is C25H35N5O3S. The molecule has 1 N–H and O–H groups in total. The van der Waals surface area contributed by atoms with Crippen molar-refractivity contribution in [3.05, 3.63) is 39.3 Å². The van der Waals surface area contributed by atoms with Crippen LogP contribution < -0.4 is 4.90 Å². The molecule has 9 heteroatoms. The van der Waals surface area contributed by atoms with Gasteiger partial charge in [0.25, 0.3) is 0 Å². The molecule has 1 aromatic heterocycles. The van der Waals surface area contributed by atoms with Crippen LogP contribution in [0.15, 0.2) is 28.2 Å². The van der Waals surface area contributed by atoms with Crippen molar-refractivity contribution in [1.82, 2.24) is 9.88 Å². The molecule has 2 aromatic rings. The van der Waals surface area contributed by atoms with E-state index in [1.54, 1.807) is 18.4 Å². The van der Waals surface area contributed by atoms with E-state index in [-0.39, 0.29) is 5.92 Å². The first kappa shape index (κ1) is 24.8. The maximum absolute atomic E-state index is 11.2. The van der Waals surface area contributed by atoms with E-state index < -0.39 is 6.10 Å². The van der Waals surface area contributed by atoms with E-state index in [1.165, 1.54) is 0 Å². The molecule has 2 fully saturated rings. The Kier molecular flexibility index (Phi) is 8.31. The van der Waals surface area contributed by atoms with E-state index in [0.29, 0.717) is 13.2 Å².